The smallest absolute Gasteiger partial charge is 0.156 e. The average molecular weight is 339 g/mol. The Hall–Kier alpha value is -1.90. The van der Waals surface area contributed by atoms with E-state index in [2.05, 4.69) is 30.3 Å². The molecule has 0 N–H and O–H groups in total. The summed E-state index contributed by atoms with van der Waals surface area (Å²) in [5.41, 5.74) is 2.34. The zero-order valence-corrected chi connectivity index (χ0v) is 14.0. The van der Waals surface area contributed by atoms with Gasteiger partial charge in [-0.1, -0.05) is 41.9 Å². The first-order valence-corrected chi connectivity index (χ1v) is 8.86. The lowest BCUT2D eigenvalue weighted by atomic mass is 9.83. The van der Waals surface area contributed by atoms with Crippen LogP contribution in [0.3, 0.4) is 0 Å². The molecular formula is C20H15ClOS. The van der Waals surface area contributed by atoms with Crippen molar-refractivity contribution in [1.82, 2.24) is 0 Å². The normalized spacial score (nSPS) is 18.2. The second kappa shape index (κ2) is 5.95. The van der Waals surface area contributed by atoms with E-state index in [4.69, 9.17) is 11.6 Å². The lowest BCUT2D eigenvalue weighted by molar-refractivity contribution is -0.115. The maximum atomic E-state index is 12.2. The van der Waals surface area contributed by atoms with Gasteiger partial charge >= 0.3 is 0 Å². The summed E-state index contributed by atoms with van der Waals surface area (Å²) in [6.45, 7) is 0. The zero-order chi connectivity index (χ0) is 15.8. The fourth-order valence-electron chi connectivity index (χ4n) is 3.18. The molecule has 2 aromatic carbocycles. The molecule has 1 atom stereocenters. The second-order valence-corrected chi connectivity index (χ2v) is 7.46. The van der Waals surface area contributed by atoms with Gasteiger partial charge in [0, 0.05) is 21.0 Å². The van der Waals surface area contributed by atoms with Crippen LogP contribution in [0.5, 0.6) is 0 Å². The van der Waals surface area contributed by atoms with E-state index < -0.39 is 0 Å². The monoisotopic (exact) mass is 338 g/mol. The Kier molecular flexibility index (Phi) is 3.80. The van der Waals surface area contributed by atoms with E-state index in [1.54, 1.807) is 11.3 Å². The van der Waals surface area contributed by atoms with E-state index in [9.17, 15) is 4.79 Å². The van der Waals surface area contributed by atoms with Gasteiger partial charge < -0.3 is 0 Å². The van der Waals surface area contributed by atoms with Crippen molar-refractivity contribution in [3.63, 3.8) is 0 Å². The van der Waals surface area contributed by atoms with Crippen molar-refractivity contribution < 1.29 is 4.79 Å². The van der Waals surface area contributed by atoms with E-state index >= 15 is 0 Å². The Labute approximate surface area is 144 Å². The highest BCUT2D eigenvalue weighted by atomic mass is 35.5. The molecule has 1 heterocycles. The third-order valence-corrected chi connectivity index (χ3v) is 5.78. The summed E-state index contributed by atoms with van der Waals surface area (Å²) in [5.74, 6) is 0.452. The number of fused-ring (bicyclic) bond motifs is 1. The van der Waals surface area contributed by atoms with Gasteiger partial charge in [-0.25, -0.2) is 0 Å². The van der Waals surface area contributed by atoms with Gasteiger partial charge in [0.2, 0.25) is 0 Å². The molecule has 0 saturated carbocycles. The van der Waals surface area contributed by atoms with E-state index in [1.807, 2.05) is 30.3 Å². The average Bonchev–Trinajstić information content (AvgIpc) is 2.99. The van der Waals surface area contributed by atoms with Crippen molar-refractivity contribution in [1.29, 1.82) is 0 Å². The molecule has 1 aromatic heterocycles. The highest BCUT2D eigenvalue weighted by Crippen LogP contribution is 2.40. The number of thiophene rings is 1. The molecule has 0 bridgehead atoms. The van der Waals surface area contributed by atoms with Crippen LogP contribution in [0, 0.1) is 0 Å². The van der Waals surface area contributed by atoms with E-state index in [1.165, 1.54) is 20.5 Å². The van der Waals surface area contributed by atoms with Crippen molar-refractivity contribution >= 4 is 44.4 Å². The molecule has 0 fully saturated rings. The third-order valence-electron chi connectivity index (χ3n) is 4.33. The molecular weight excluding hydrogens is 324 g/mol. The number of ketones is 1. The number of halogens is 1. The number of hydrogen-bond donors (Lipinski definition) is 0. The van der Waals surface area contributed by atoms with Crippen LogP contribution in [0.2, 0.25) is 5.02 Å². The van der Waals surface area contributed by atoms with Crippen LogP contribution in [-0.2, 0) is 4.79 Å². The van der Waals surface area contributed by atoms with Crippen LogP contribution in [0.15, 0.2) is 60.7 Å². The van der Waals surface area contributed by atoms with Gasteiger partial charge in [0.15, 0.2) is 5.78 Å². The molecule has 0 aliphatic heterocycles. The summed E-state index contributed by atoms with van der Waals surface area (Å²) >= 11 is 7.74. The molecule has 0 amide bonds. The molecule has 0 radical (unpaired) electrons. The molecule has 3 aromatic rings. The highest BCUT2D eigenvalue weighted by Gasteiger charge is 2.23. The molecule has 1 nitrogen and oxygen atoms in total. The summed E-state index contributed by atoms with van der Waals surface area (Å²) in [7, 11) is 0. The van der Waals surface area contributed by atoms with Gasteiger partial charge in [0.25, 0.3) is 0 Å². The maximum Gasteiger partial charge on any atom is 0.156 e. The molecule has 0 saturated heterocycles. The summed E-state index contributed by atoms with van der Waals surface area (Å²) < 4.78 is 1.27. The van der Waals surface area contributed by atoms with Crippen LogP contribution in [0.25, 0.3) is 15.7 Å². The van der Waals surface area contributed by atoms with Crippen LogP contribution >= 0.6 is 22.9 Å². The molecule has 3 heteroatoms. The van der Waals surface area contributed by atoms with Gasteiger partial charge in [-0.3, -0.25) is 4.79 Å². The molecule has 114 valence electrons. The Bertz CT molecular complexity index is 872. The first-order chi connectivity index (χ1) is 11.2. The fourth-order valence-corrected chi connectivity index (χ4v) is 4.39. The Morgan fingerprint density at radius 2 is 1.78 bits per heavy atom. The van der Waals surface area contributed by atoms with Crippen LogP contribution in [-0.4, -0.2) is 5.78 Å². The molecule has 1 unspecified atom stereocenters. The topological polar surface area (TPSA) is 17.1 Å². The fraction of sp³-hybridized carbons (Fsp3) is 0.150. The van der Waals surface area contributed by atoms with Crippen LogP contribution < -0.4 is 0 Å². The van der Waals surface area contributed by atoms with Crippen LogP contribution in [0.1, 0.15) is 29.2 Å². The van der Waals surface area contributed by atoms with Crippen molar-refractivity contribution in [2.24, 2.45) is 0 Å². The maximum absolute atomic E-state index is 12.2. The summed E-state index contributed by atoms with van der Waals surface area (Å²) in [5, 5.41) is 1.98. The van der Waals surface area contributed by atoms with Crippen molar-refractivity contribution in [2.75, 3.05) is 0 Å². The Morgan fingerprint density at radius 1 is 1.00 bits per heavy atom. The van der Waals surface area contributed by atoms with E-state index in [0.29, 0.717) is 6.42 Å². The first-order valence-electron chi connectivity index (χ1n) is 7.67. The highest BCUT2D eigenvalue weighted by molar-refractivity contribution is 7.20. The molecule has 23 heavy (non-hydrogen) atoms. The minimum Gasteiger partial charge on any atom is -0.295 e. The minimum atomic E-state index is 0.212. The largest absolute Gasteiger partial charge is 0.295 e. The lowest BCUT2D eigenvalue weighted by Gasteiger charge is -2.22. The number of carbonyl (C=O) groups excluding carboxylic acids is 1. The summed E-state index contributed by atoms with van der Waals surface area (Å²) in [6.07, 6.45) is 3.31. The van der Waals surface area contributed by atoms with Gasteiger partial charge in [-0.05, 0) is 59.2 Å². The third kappa shape index (κ3) is 2.97. The predicted molar refractivity (Wildman–Crippen MR) is 98.2 cm³/mol. The Morgan fingerprint density at radius 3 is 2.57 bits per heavy atom. The molecule has 0 spiro atoms. The summed E-state index contributed by atoms with van der Waals surface area (Å²) in [4.78, 5) is 13.4. The minimum absolute atomic E-state index is 0.212. The van der Waals surface area contributed by atoms with Gasteiger partial charge in [-0.2, -0.15) is 0 Å². The number of hydrogen-bond acceptors (Lipinski definition) is 2. The van der Waals surface area contributed by atoms with Gasteiger partial charge in [0.1, 0.15) is 0 Å². The number of carbonyl (C=O) groups is 1. The number of rotatable bonds is 2. The van der Waals surface area contributed by atoms with Crippen molar-refractivity contribution in [3.05, 3.63) is 76.1 Å². The zero-order valence-electron chi connectivity index (χ0n) is 12.5. The quantitative estimate of drug-likeness (QED) is 0.553. The van der Waals surface area contributed by atoms with Gasteiger partial charge in [-0.15, -0.1) is 11.3 Å². The summed E-state index contributed by atoms with van der Waals surface area (Å²) in [6, 6.07) is 18.4. The SMILES string of the molecule is O=C1C=C(c2cc3ccccc3s2)CC(c2ccc(Cl)cc2)C1. The molecule has 4 rings (SSSR count). The van der Waals surface area contributed by atoms with Gasteiger partial charge in [0.05, 0.1) is 0 Å². The first kappa shape index (κ1) is 14.7. The second-order valence-electron chi connectivity index (χ2n) is 5.94. The lowest BCUT2D eigenvalue weighted by Crippen LogP contribution is -2.11. The van der Waals surface area contributed by atoms with Crippen molar-refractivity contribution in [2.45, 2.75) is 18.8 Å². The predicted octanol–water partition coefficient (Wildman–Crippen LogP) is 6.08. The molecule has 1 aliphatic carbocycles. The standard InChI is InChI=1S/C20H15ClOS/c21-17-7-5-13(6-8-17)15-9-16(11-18(22)10-15)20-12-14-3-1-2-4-19(14)23-20/h1-8,11-12,15H,9-10H2. The Balaban J connectivity index is 1.68. The van der Waals surface area contributed by atoms with Crippen molar-refractivity contribution in [3.8, 4) is 0 Å². The number of benzene rings is 2. The van der Waals surface area contributed by atoms with E-state index in [-0.39, 0.29) is 11.7 Å². The molecule has 1 aliphatic rings. The number of allylic oxidation sites excluding steroid dienone is 2. The van der Waals surface area contributed by atoms with E-state index in [0.717, 1.165) is 17.0 Å². The van der Waals surface area contributed by atoms with Crippen LogP contribution in [0.4, 0.5) is 0 Å².